The van der Waals surface area contributed by atoms with Crippen LogP contribution >= 0.6 is 0 Å². The van der Waals surface area contributed by atoms with Gasteiger partial charge in [-0.05, 0) is 24.6 Å². The van der Waals surface area contributed by atoms with Gasteiger partial charge < -0.3 is 4.74 Å². The van der Waals surface area contributed by atoms with Crippen LogP contribution < -0.4 is 4.90 Å². The highest BCUT2D eigenvalue weighted by Gasteiger charge is 2.49. The molecule has 0 saturated carbocycles. The van der Waals surface area contributed by atoms with Crippen molar-refractivity contribution in [3.05, 3.63) is 66.2 Å². The van der Waals surface area contributed by atoms with Gasteiger partial charge >= 0.3 is 0 Å². The quantitative estimate of drug-likeness (QED) is 0.796. The molecule has 3 heteroatoms. The molecule has 0 aromatic heterocycles. The Labute approximate surface area is 118 Å². The van der Waals surface area contributed by atoms with Crippen LogP contribution in [0.25, 0.3) is 0 Å². The van der Waals surface area contributed by atoms with Crippen molar-refractivity contribution in [3.63, 3.8) is 0 Å². The first-order valence-corrected chi connectivity index (χ1v) is 6.87. The lowest BCUT2D eigenvalue weighted by atomic mass is 9.90. The van der Waals surface area contributed by atoms with Gasteiger partial charge in [-0.25, -0.2) is 0 Å². The van der Waals surface area contributed by atoms with E-state index in [0.29, 0.717) is 6.61 Å². The fourth-order valence-corrected chi connectivity index (χ4v) is 2.65. The monoisotopic (exact) mass is 267 g/mol. The van der Waals surface area contributed by atoms with Gasteiger partial charge in [-0.15, -0.1) is 0 Å². The van der Waals surface area contributed by atoms with Gasteiger partial charge in [-0.2, -0.15) is 0 Å². The second kappa shape index (κ2) is 5.47. The Morgan fingerprint density at radius 3 is 2.20 bits per heavy atom. The average Bonchev–Trinajstić information content (AvgIpc) is 2.51. The van der Waals surface area contributed by atoms with E-state index in [1.54, 1.807) is 0 Å². The maximum atomic E-state index is 12.3. The number of carbonyl (C=O) groups excluding carboxylic acids is 1. The molecule has 1 fully saturated rings. The molecule has 0 bridgehead atoms. The molecule has 3 nitrogen and oxygen atoms in total. The molecule has 1 aliphatic heterocycles. The lowest BCUT2D eigenvalue weighted by molar-refractivity contribution is -0.142. The Kier molecular flexibility index (Phi) is 3.52. The van der Waals surface area contributed by atoms with Crippen molar-refractivity contribution in [2.75, 3.05) is 11.5 Å². The summed E-state index contributed by atoms with van der Waals surface area (Å²) in [5.41, 5.74) is 2.02. The average molecular weight is 267 g/mol. The van der Waals surface area contributed by atoms with Crippen LogP contribution in [0.1, 0.15) is 18.5 Å². The van der Waals surface area contributed by atoms with Crippen molar-refractivity contribution in [2.24, 2.45) is 0 Å². The van der Waals surface area contributed by atoms with Gasteiger partial charge in [-0.3, -0.25) is 9.69 Å². The fourth-order valence-electron chi connectivity index (χ4n) is 2.65. The highest BCUT2D eigenvalue weighted by molar-refractivity contribution is 6.05. The highest BCUT2D eigenvalue weighted by atomic mass is 16.5. The first-order valence-electron chi connectivity index (χ1n) is 6.87. The zero-order valence-electron chi connectivity index (χ0n) is 11.4. The van der Waals surface area contributed by atoms with E-state index in [-0.39, 0.29) is 18.1 Å². The summed E-state index contributed by atoms with van der Waals surface area (Å²) in [6.07, 6.45) is -0.373. The van der Waals surface area contributed by atoms with E-state index in [0.717, 1.165) is 11.3 Å². The van der Waals surface area contributed by atoms with Gasteiger partial charge in [-0.1, -0.05) is 48.5 Å². The van der Waals surface area contributed by atoms with Crippen LogP contribution in [-0.4, -0.2) is 18.6 Å². The van der Waals surface area contributed by atoms with Gasteiger partial charge in [0, 0.05) is 12.3 Å². The molecule has 0 radical (unpaired) electrons. The third-order valence-corrected chi connectivity index (χ3v) is 3.57. The molecule has 0 aliphatic carbocycles. The molecular formula is C17H17NO2. The van der Waals surface area contributed by atoms with Crippen LogP contribution in [-0.2, 0) is 9.53 Å². The Bertz CT molecular complexity index is 582. The number of amides is 1. The van der Waals surface area contributed by atoms with Gasteiger partial charge in [0.15, 0.2) is 6.10 Å². The first kappa shape index (κ1) is 12.9. The summed E-state index contributed by atoms with van der Waals surface area (Å²) < 4.78 is 5.62. The summed E-state index contributed by atoms with van der Waals surface area (Å²) in [5.74, 6) is 0.0342. The number of hydrogen-bond donors (Lipinski definition) is 0. The van der Waals surface area contributed by atoms with Gasteiger partial charge in [0.25, 0.3) is 5.91 Å². The largest absolute Gasteiger partial charge is 0.366 e. The standard InChI is InChI=1S/C17H17NO2/c1-2-20-16-15(13-9-5-3-6-10-13)18(17(16)19)14-11-7-4-8-12-14/h3-12,15-16H,2H2,1H3/t15-,16+/m1/s1. The van der Waals surface area contributed by atoms with Crippen molar-refractivity contribution >= 4 is 11.6 Å². The van der Waals surface area contributed by atoms with Crippen LogP contribution in [0.3, 0.4) is 0 Å². The molecule has 1 saturated heterocycles. The Balaban J connectivity index is 1.95. The lowest BCUT2D eigenvalue weighted by Gasteiger charge is -2.46. The van der Waals surface area contributed by atoms with E-state index >= 15 is 0 Å². The van der Waals surface area contributed by atoms with Gasteiger partial charge in [0.2, 0.25) is 0 Å². The predicted molar refractivity (Wildman–Crippen MR) is 78.5 cm³/mol. The van der Waals surface area contributed by atoms with E-state index in [1.807, 2.05) is 72.5 Å². The van der Waals surface area contributed by atoms with Crippen molar-refractivity contribution in [3.8, 4) is 0 Å². The van der Waals surface area contributed by atoms with Crippen LogP contribution in [0.4, 0.5) is 5.69 Å². The summed E-state index contributed by atoms with van der Waals surface area (Å²) in [5, 5.41) is 0. The Hall–Kier alpha value is -2.13. The van der Waals surface area contributed by atoms with E-state index < -0.39 is 0 Å². The zero-order valence-corrected chi connectivity index (χ0v) is 11.4. The second-order valence-corrected chi connectivity index (χ2v) is 4.78. The number of para-hydroxylation sites is 1. The molecule has 102 valence electrons. The zero-order chi connectivity index (χ0) is 13.9. The number of carbonyl (C=O) groups is 1. The van der Waals surface area contributed by atoms with Gasteiger partial charge in [0.1, 0.15) is 0 Å². The second-order valence-electron chi connectivity index (χ2n) is 4.78. The first-order chi connectivity index (χ1) is 9.83. The Morgan fingerprint density at radius 2 is 1.60 bits per heavy atom. The number of hydrogen-bond acceptors (Lipinski definition) is 2. The summed E-state index contributed by atoms with van der Waals surface area (Å²) in [4.78, 5) is 14.2. The number of benzene rings is 2. The number of nitrogens with zero attached hydrogens (tertiary/aromatic N) is 1. The van der Waals surface area contributed by atoms with Crippen molar-refractivity contribution in [2.45, 2.75) is 19.1 Å². The van der Waals surface area contributed by atoms with Crippen molar-refractivity contribution < 1.29 is 9.53 Å². The smallest absolute Gasteiger partial charge is 0.259 e. The van der Waals surface area contributed by atoms with E-state index in [2.05, 4.69) is 0 Å². The lowest BCUT2D eigenvalue weighted by Crippen LogP contribution is -2.60. The molecule has 0 unspecified atom stereocenters. The molecule has 1 amide bonds. The SMILES string of the molecule is CCO[C@@H]1C(=O)N(c2ccccc2)[C@@H]1c1ccccc1. The summed E-state index contributed by atoms with van der Waals surface area (Å²) in [6.45, 7) is 2.46. The molecule has 20 heavy (non-hydrogen) atoms. The summed E-state index contributed by atoms with van der Waals surface area (Å²) >= 11 is 0. The third-order valence-electron chi connectivity index (χ3n) is 3.57. The molecule has 0 spiro atoms. The summed E-state index contributed by atoms with van der Waals surface area (Å²) in [7, 11) is 0. The number of anilines is 1. The third kappa shape index (κ3) is 2.10. The van der Waals surface area contributed by atoms with Gasteiger partial charge in [0.05, 0.1) is 6.04 Å². The minimum absolute atomic E-state index is 0.0342. The predicted octanol–water partition coefficient (Wildman–Crippen LogP) is 3.18. The molecule has 2 aromatic rings. The van der Waals surface area contributed by atoms with Crippen LogP contribution in [0.5, 0.6) is 0 Å². The molecule has 1 heterocycles. The van der Waals surface area contributed by atoms with Crippen LogP contribution in [0.2, 0.25) is 0 Å². The fraction of sp³-hybridized carbons (Fsp3) is 0.235. The van der Waals surface area contributed by atoms with E-state index in [1.165, 1.54) is 0 Å². The molecule has 3 rings (SSSR count). The molecular weight excluding hydrogens is 250 g/mol. The molecule has 0 N–H and O–H groups in total. The number of rotatable bonds is 4. The normalized spacial score (nSPS) is 21.6. The van der Waals surface area contributed by atoms with Crippen molar-refractivity contribution in [1.82, 2.24) is 0 Å². The number of ether oxygens (including phenoxy) is 1. The molecule has 2 aromatic carbocycles. The molecule has 1 aliphatic rings. The maximum Gasteiger partial charge on any atom is 0.259 e. The van der Waals surface area contributed by atoms with E-state index in [9.17, 15) is 4.79 Å². The highest BCUT2D eigenvalue weighted by Crippen LogP contribution is 2.40. The Morgan fingerprint density at radius 1 is 1.00 bits per heavy atom. The van der Waals surface area contributed by atoms with Crippen molar-refractivity contribution in [1.29, 1.82) is 0 Å². The molecule has 2 atom stereocenters. The number of β-lactam (4-membered cyclic amide) rings is 1. The minimum Gasteiger partial charge on any atom is -0.366 e. The summed E-state index contributed by atoms with van der Waals surface area (Å²) in [6, 6.07) is 19.7. The maximum absolute atomic E-state index is 12.3. The topological polar surface area (TPSA) is 29.5 Å². The van der Waals surface area contributed by atoms with Crippen LogP contribution in [0.15, 0.2) is 60.7 Å². The van der Waals surface area contributed by atoms with E-state index in [4.69, 9.17) is 4.74 Å². The minimum atomic E-state index is -0.373. The van der Waals surface area contributed by atoms with Crippen LogP contribution in [0, 0.1) is 0 Å².